The molecule has 0 saturated heterocycles. The molecule has 0 aromatic carbocycles. The number of amides is 4. The molecule has 0 bridgehead atoms. The van der Waals surface area contributed by atoms with Crippen LogP contribution in [0.4, 0.5) is 4.79 Å². The van der Waals surface area contributed by atoms with Crippen molar-refractivity contribution >= 4 is 41.5 Å². The molecule has 0 fully saturated rings. The number of hydrogen-bond acceptors (Lipinski definition) is 8. The van der Waals surface area contributed by atoms with Crippen LogP contribution in [0.15, 0.2) is 0 Å². The normalized spacial score (nSPS) is 13.9. The summed E-state index contributed by atoms with van der Waals surface area (Å²) in [6.07, 6.45) is 3.37. The van der Waals surface area contributed by atoms with Gasteiger partial charge in [-0.1, -0.05) is 26.2 Å². The Morgan fingerprint density at radius 3 is 2.12 bits per heavy atom. The zero-order valence-electron chi connectivity index (χ0n) is 20.1. The van der Waals surface area contributed by atoms with E-state index in [4.69, 9.17) is 15.6 Å². The molecule has 4 amide bonds. The van der Waals surface area contributed by atoms with Crippen molar-refractivity contribution in [3.05, 3.63) is 0 Å². The maximum atomic E-state index is 12.8. The van der Waals surface area contributed by atoms with Crippen molar-refractivity contribution < 1.29 is 33.8 Å². The molecule has 33 heavy (non-hydrogen) atoms. The van der Waals surface area contributed by atoms with Crippen LogP contribution < -0.4 is 21.7 Å². The molecule has 3 atom stereocenters. The van der Waals surface area contributed by atoms with Crippen LogP contribution in [-0.4, -0.2) is 70.6 Å². The summed E-state index contributed by atoms with van der Waals surface area (Å²) in [5, 5.41) is 16.0. The average molecular weight is 491 g/mol. The third-order valence-electron chi connectivity index (χ3n) is 4.33. The number of carbonyl (C=O) groups excluding carboxylic acids is 4. The lowest BCUT2D eigenvalue weighted by atomic mass is 10.1. The lowest BCUT2D eigenvalue weighted by Gasteiger charge is -2.25. The van der Waals surface area contributed by atoms with Gasteiger partial charge in [0.05, 0.1) is 12.5 Å². The van der Waals surface area contributed by atoms with Crippen molar-refractivity contribution in [2.75, 3.05) is 12.0 Å². The second-order valence-corrected chi connectivity index (χ2v) is 9.58. The molecule has 0 radical (unpaired) electrons. The molecule has 0 rings (SSSR count). The lowest BCUT2D eigenvalue weighted by molar-refractivity contribution is -0.142. The molecular weight excluding hydrogens is 452 g/mol. The first kappa shape index (κ1) is 30.7. The highest BCUT2D eigenvalue weighted by atomic mass is 32.2. The zero-order chi connectivity index (χ0) is 25.6. The number of hydrogen-bond donors (Lipinski definition) is 5. The number of rotatable bonds is 14. The van der Waals surface area contributed by atoms with Crippen molar-refractivity contribution in [2.24, 2.45) is 5.73 Å². The third-order valence-corrected chi connectivity index (χ3v) is 4.98. The highest BCUT2D eigenvalue weighted by Gasteiger charge is 2.30. The Kier molecular flexibility index (Phi) is 14.4. The second-order valence-electron chi connectivity index (χ2n) is 8.60. The number of carboxylic acids is 1. The summed E-state index contributed by atoms with van der Waals surface area (Å²) in [6, 6.07) is -3.52. The zero-order valence-corrected chi connectivity index (χ0v) is 20.9. The number of alkyl carbamates (subject to hydrolysis) is 1. The number of aliphatic carboxylic acids is 1. The van der Waals surface area contributed by atoms with Gasteiger partial charge >= 0.3 is 12.1 Å². The second kappa shape index (κ2) is 15.5. The number of nitrogens with two attached hydrogens (primary N) is 1. The number of thioether (sulfide) groups is 1. The SMILES string of the molecule is CCCCCC(N)C(=O)NC(=O)[C@H](CC(=O)O)NC(=O)[C@H](CCSC)NC(=O)OC(C)(C)C. The molecule has 0 aliphatic rings. The van der Waals surface area contributed by atoms with E-state index in [0.29, 0.717) is 18.6 Å². The number of unbranched alkanes of at least 4 members (excludes halogenated alkanes) is 2. The minimum atomic E-state index is -1.53. The fourth-order valence-electron chi connectivity index (χ4n) is 2.66. The van der Waals surface area contributed by atoms with E-state index < -0.39 is 59.9 Å². The van der Waals surface area contributed by atoms with Crippen molar-refractivity contribution in [1.82, 2.24) is 16.0 Å². The van der Waals surface area contributed by atoms with Gasteiger partial charge in [0, 0.05) is 0 Å². The number of imide groups is 1. The summed E-state index contributed by atoms with van der Waals surface area (Å²) < 4.78 is 5.17. The Hall–Kier alpha value is -2.34. The Morgan fingerprint density at radius 2 is 1.61 bits per heavy atom. The highest BCUT2D eigenvalue weighted by Crippen LogP contribution is 2.09. The van der Waals surface area contributed by atoms with Gasteiger partial charge < -0.3 is 26.2 Å². The fraction of sp³-hybridized carbons (Fsp3) is 0.762. The molecule has 12 heteroatoms. The molecule has 0 heterocycles. The predicted molar refractivity (Wildman–Crippen MR) is 126 cm³/mol. The minimum Gasteiger partial charge on any atom is -0.481 e. The third kappa shape index (κ3) is 14.4. The van der Waals surface area contributed by atoms with Crippen LogP contribution in [0.5, 0.6) is 0 Å². The molecule has 11 nitrogen and oxygen atoms in total. The highest BCUT2D eigenvalue weighted by molar-refractivity contribution is 7.98. The van der Waals surface area contributed by atoms with Crippen molar-refractivity contribution in [1.29, 1.82) is 0 Å². The van der Waals surface area contributed by atoms with Crippen molar-refractivity contribution in [3.8, 4) is 0 Å². The molecule has 0 aliphatic heterocycles. The molecule has 0 aromatic heterocycles. The Labute approximate surface area is 199 Å². The van der Waals surface area contributed by atoms with Crippen LogP contribution in [0.25, 0.3) is 0 Å². The maximum absolute atomic E-state index is 12.8. The molecule has 0 aromatic rings. The lowest BCUT2D eigenvalue weighted by Crippen LogP contribution is -2.56. The van der Waals surface area contributed by atoms with Gasteiger partial charge in [0.1, 0.15) is 17.7 Å². The van der Waals surface area contributed by atoms with Crippen LogP contribution in [-0.2, 0) is 23.9 Å². The van der Waals surface area contributed by atoms with Crippen LogP contribution in [0, 0.1) is 0 Å². The Balaban J connectivity index is 5.25. The van der Waals surface area contributed by atoms with E-state index in [1.54, 1.807) is 20.8 Å². The van der Waals surface area contributed by atoms with Gasteiger partial charge in [-0.2, -0.15) is 11.8 Å². The topological polar surface area (TPSA) is 177 Å². The summed E-state index contributed by atoms with van der Waals surface area (Å²) in [6.45, 7) is 7.00. The summed E-state index contributed by atoms with van der Waals surface area (Å²) in [5.74, 6) is -3.34. The minimum absolute atomic E-state index is 0.217. The Morgan fingerprint density at radius 1 is 0.970 bits per heavy atom. The van der Waals surface area contributed by atoms with E-state index in [1.807, 2.05) is 13.2 Å². The van der Waals surface area contributed by atoms with E-state index in [9.17, 15) is 24.0 Å². The van der Waals surface area contributed by atoms with E-state index in [2.05, 4.69) is 16.0 Å². The van der Waals surface area contributed by atoms with Crippen LogP contribution in [0.2, 0.25) is 0 Å². The van der Waals surface area contributed by atoms with E-state index in [-0.39, 0.29) is 6.42 Å². The number of carboxylic acid groups (broad SMARTS) is 1. The van der Waals surface area contributed by atoms with Gasteiger partial charge in [0.15, 0.2) is 0 Å². The smallest absolute Gasteiger partial charge is 0.408 e. The predicted octanol–water partition coefficient (Wildman–Crippen LogP) is 1.14. The first-order valence-electron chi connectivity index (χ1n) is 10.9. The molecule has 0 spiro atoms. The standard InChI is InChI=1S/C21H38N4O7S/c1-6-7-8-9-13(22)17(28)25-19(30)15(12-16(26)27)23-18(29)14(10-11-33-5)24-20(31)32-21(2,3)4/h13-15H,6-12,22H2,1-5H3,(H,23,29)(H,24,31)(H,26,27)(H,25,28,30)/t13?,14-,15-/m0/s1. The number of carbonyl (C=O) groups is 5. The number of ether oxygens (including phenoxy) is 1. The van der Waals surface area contributed by atoms with E-state index >= 15 is 0 Å². The quantitative estimate of drug-likeness (QED) is 0.223. The van der Waals surface area contributed by atoms with Crippen molar-refractivity contribution in [3.63, 3.8) is 0 Å². The molecular formula is C21H38N4O7S. The Bertz CT molecular complexity index is 682. The maximum Gasteiger partial charge on any atom is 0.408 e. The van der Waals surface area contributed by atoms with Crippen molar-refractivity contribution in [2.45, 2.75) is 89.9 Å². The van der Waals surface area contributed by atoms with E-state index in [1.165, 1.54) is 11.8 Å². The van der Waals surface area contributed by atoms with Crippen LogP contribution in [0.3, 0.4) is 0 Å². The van der Waals surface area contributed by atoms with Gasteiger partial charge in [-0.05, 0) is 45.6 Å². The van der Waals surface area contributed by atoms with Gasteiger partial charge in [-0.25, -0.2) is 4.79 Å². The van der Waals surface area contributed by atoms with Gasteiger partial charge in [0.25, 0.3) is 0 Å². The average Bonchev–Trinajstić information content (AvgIpc) is 2.68. The molecule has 1 unspecified atom stereocenters. The number of nitrogens with one attached hydrogen (secondary N) is 3. The first-order valence-corrected chi connectivity index (χ1v) is 12.3. The van der Waals surface area contributed by atoms with Gasteiger partial charge in [-0.15, -0.1) is 0 Å². The molecule has 0 saturated carbocycles. The molecule has 190 valence electrons. The summed E-state index contributed by atoms with van der Waals surface area (Å²) >= 11 is 1.44. The summed E-state index contributed by atoms with van der Waals surface area (Å²) in [7, 11) is 0. The van der Waals surface area contributed by atoms with Gasteiger partial charge in [0.2, 0.25) is 17.7 Å². The fourth-order valence-corrected chi connectivity index (χ4v) is 3.13. The van der Waals surface area contributed by atoms with Crippen LogP contribution >= 0.6 is 11.8 Å². The molecule has 6 N–H and O–H groups in total. The monoisotopic (exact) mass is 490 g/mol. The van der Waals surface area contributed by atoms with Crippen LogP contribution in [0.1, 0.15) is 66.2 Å². The largest absolute Gasteiger partial charge is 0.481 e. The summed E-state index contributed by atoms with van der Waals surface area (Å²) in [5.41, 5.74) is 5.00. The first-order chi connectivity index (χ1) is 15.3. The van der Waals surface area contributed by atoms with E-state index in [0.717, 1.165) is 12.8 Å². The molecule has 0 aliphatic carbocycles. The summed E-state index contributed by atoms with van der Waals surface area (Å²) in [4.78, 5) is 60.8. The van der Waals surface area contributed by atoms with Gasteiger partial charge in [-0.3, -0.25) is 24.5 Å².